The Morgan fingerprint density at radius 2 is 1.68 bits per heavy atom. The molecule has 0 aliphatic rings. The molecule has 0 saturated heterocycles. The number of hydrogen-bond donors (Lipinski definition) is 1. The summed E-state index contributed by atoms with van der Waals surface area (Å²) in [7, 11) is 0. The number of hydrogen-bond acceptors (Lipinski definition) is 4. The Labute approximate surface area is 147 Å². The molecule has 2 aromatic carbocycles. The van der Waals surface area contributed by atoms with E-state index in [0.29, 0.717) is 18.9 Å². The minimum Gasteiger partial charge on any atom is -0.494 e. The first-order valence-corrected chi connectivity index (χ1v) is 8.52. The van der Waals surface area contributed by atoms with E-state index >= 15 is 0 Å². The number of rotatable bonds is 7. The Bertz CT molecular complexity index is 840. The summed E-state index contributed by atoms with van der Waals surface area (Å²) < 4.78 is 13.0. The molecular weight excluding hydrogens is 316 g/mol. The van der Waals surface area contributed by atoms with Crippen LogP contribution in [0.1, 0.15) is 18.1 Å². The number of imidazole rings is 1. The molecule has 3 aromatic rings. The first-order valence-electron chi connectivity index (χ1n) is 8.52. The van der Waals surface area contributed by atoms with E-state index in [4.69, 9.17) is 9.47 Å². The Balaban J connectivity index is 1.61. The third-order valence-electron chi connectivity index (χ3n) is 4.22. The van der Waals surface area contributed by atoms with Crippen molar-refractivity contribution in [1.29, 1.82) is 0 Å². The van der Waals surface area contributed by atoms with E-state index in [1.54, 1.807) is 6.33 Å². The van der Waals surface area contributed by atoms with Crippen molar-refractivity contribution in [2.75, 3.05) is 13.2 Å². The van der Waals surface area contributed by atoms with Gasteiger partial charge < -0.3 is 19.1 Å². The maximum absolute atomic E-state index is 10.3. The van der Waals surface area contributed by atoms with Crippen molar-refractivity contribution in [2.45, 2.75) is 33.4 Å². The van der Waals surface area contributed by atoms with Gasteiger partial charge in [-0.2, -0.15) is 0 Å². The number of benzene rings is 2. The molecule has 0 bridgehead atoms. The molecule has 0 amide bonds. The lowest BCUT2D eigenvalue weighted by Gasteiger charge is -2.14. The Hall–Kier alpha value is -2.53. The zero-order valence-corrected chi connectivity index (χ0v) is 14.9. The summed E-state index contributed by atoms with van der Waals surface area (Å²) in [4.78, 5) is 4.42. The molecule has 5 nitrogen and oxygen atoms in total. The first kappa shape index (κ1) is 17.3. The van der Waals surface area contributed by atoms with Crippen molar-refractivity contribution in [3.8, 4) is 11.5 Å². The van der Waals surface area contributed by atoms with Crippen LogP contribution in [0.2, 0.25) is 0 Å². The van der Waals surface area contributed by atoms with Gasteiger partial charge in [-0.25, -0.2) is 4.98 Å². The lowest BCUT2D eigenvalue weighted by molar-refractivity contribution is 0.0934. The van der Waals surface area contributed by atoms with Crippen LogP contribution >= 0.6 is 0 Å². The quantitative estimate of drug-likeness (QED) is 0.715. The zero-order valence-electron chi connectivity index (χ0n) is 14.9. The fraction of sp³-hybridized carbons (Fsp3) is 0.350. The number of aryl methyl sites for hydroxylation is 2. The second-order valence-electron chi connectivity index (χ2n) is 6.19. The van der Waals surface area contributed by atoms with Crippen LogP contribution in [-0.4, -0.2) is 34.0 Å². The normalized spacial score (nSPS) is 12.3. The van der Waals surface area contributed by atoms with Crippen molar-refractivity contribution in [3.05, 3.63) is 53.9 Å². The van der Waals surface area contributed by atoms with Crippen LogP contribution in [0.15, 0.2) is 42.7 Å². The van der Waals surface area contributed by atoms with Gasteiger partial charge in [0.2, 0.25) is 0 Å². The molecule has 0 spiro atoms. The molecule has 1 aromatic heterocycles. The van der Waals surface area contributed by atoms with E-state index in [1.165, 1.54) is 11.1 Å². The fourth-order valence-corrected chi connectivity index (χ4v) is 2.73. The molecule has 0 saturated carbocycles. The molecule has 0 fully saturated rings. The molecule has 5 heteroatoms. The van der Waals surface area contributed by atoms with Crippen LogP contribution in [-0.2, 0) is 6.54 Å². The van der Waals surface area contributed by atoms with Gasteiger partial charge in [0.15, 0.2) is 0 Å². The predicted molar refractivity (Wildman–Crippen MR) is 98.3 cm³/mol. The van der Waals surface area contributed by atoms with E-state index < -0.39 is 6.10 Å². The number of ether oxygens (including phenoxy) is 2. The monoisotopic (exact) mass is 340 g/mol. The summed E-state index contributed by atoms with van der Waals surface area (Å²) in [6.07, 6.45) is 1.15. The van der Waals surface area contributed by atoms with E-state index in [1.807, 2.05) is 35.8 Å². The summed E-state index contributed by atoms with van der Waals surface area (Å²) in [6.45, 7) is 7.40. The fourth-order valence-electron chi connectivity index (χ4n) is 2.73. The molecule has 0 aliphatic carbocycles. The average Bonchev–Trinajstić information content (AvgIpc) is 2.97. The molecular formula is C20H24N2O3. The molecule has 0 radical (unpaired) electrons. The van der Waals surface area contributed by atoms with E-state index in [9.17, 15) is 5.11 Å². The van der Waals surface area contributed by atoms with Gasteiger partial charge in [0.1, 0.15) is 24.2 Å². The number of fused-ring (bicyclic) bond motifs is 1. The van der Waals surface area contributed by atoms with Crippen LogP contribution in [0.3, 0.4) is 0 Å². The third kappa shape index (κ3) is 4.12. The molecule has 1 atom stereocenters. The molecule has 0 unspecified atom stereocenters. The highest BCUT2D eigenvalue weighted by atomic mass is 16.5. The highest BCUT2D eigenvalue weighted by Crippen LogP contribution is 2.20. The lowest BCUT2D eigenvalue weighted by atomic mass is 10.1. The average molecular weight is 340 g/mol. The van der Waals surface area contributed by atoms with Gasteiger partial charge in [-0.15, -0.1) is 0 Å². The van der Waals surface area contributed by atoms with Crippen LogP contribution < -0.4 is 9.47 Å². The number of aromatic nitrogens is 2. The standard InChI is InChI=1S/C20H24N2O3/c1-4-24-17-5-7-18(8-6-17)25-12-16(23)11-22-13-21-19-9-14(2)15(3)10-20(19)22/h5-10,13,16,23H,4,11-12H2,1-3H3/t16-/m0/s1. The predicted octanol–water partition coefficient (Wildman–Crippen LogP) is 3.49. The topological polar surface area (TPSA) is 56.5 Å². The molecule has 25 heavy (non-hydrogen) atoms. The largest absolute Gasteiger partial charge is 0.494 e. The van der Waals surface area contributed by atoms with Crippen molar-refractivity contribution in [2.24, 2.45) is 0 Å². The summed E-state index contributed by atoms with van der Waals surface area (Å²) >= 11 is 0. The van der Waals surface area contributed by atoms with Crippen molar-refractivity contribution >= 4 is 11.0 Å². The lowest BCUT2D eigenvalue weighted by Crippen LogP contribution is -2.23. The van der Waals surface area contributed by atoms with Gasteiger partial charge in [-0.05, 0) is 68.3 Å². The van der Waals surface area contributed by atoms with Crippen LogP contribution in [0, 0.1) is 13.8 Å². The van der Waals surface area contributed by atoms with Crippen molar-refractivity contribution in [1.82, 2.24) is 9.55 Å². The summed E-state index contributed by atoms with van der Waals surface area (Å²) in [5.41, 5.74) is 4.41. The first-order chi connectivity index (χ1) is 12.1. The van der Waals surface area contributed by atoms with Crippen LogP contribution in [0.25, 0.3) is 11.0 Å². The van der Waals surface area contributed by atoms with Gasteiger partial charge in [0.25, 0.3) is 0 Å². The van der Waals surface area contributed by atoms with Gasteiger partial charge >= 0.3 is 0 Å². The molecule has 0 aliphatic heterocycles. The summed E-state index contributed by atoms with van der Waals surface area (Å²) in [5, 5.41) is 10.3. The SMILES string of the molecule is CCOc1ccc(OC[C@@H](O)Cn2cnc3cc(C)c(C)cc32)cc1. The number of aliphatic hydroxyl groups excluding tert-OH is 1. The summed E-state index contributed by atoms with van der Waals surface area (Å²) in [5.74, 6) is 1.52. The molecule has 1 heterocycles. The van der Waals surface area contributed by atoms with Gasteiger partial charge in [-0.3, -0.25) is 0 Å². The van der Waals surface area contributed by atoms with Crippen LogP contribution in [0.5, 0.6) is 11.5 Å². The summed E-state index contributed by atoms with van der Waals surface area (Å²) in [6, 6.07) is 11.6. The van der Waals surface area contributed by atoms with Crippen molar-refractivity contribution < 1.29 is 14.6 Å². The number of nitrogens with zero attached hydrogens (tertiary/aromatic N) is 2. The molecule has 1 N–H and O–H groups in total. The number of aliphatic hydroxyl groups is 1. The Morgan fingerprint density at radius 3 is 2.36 bits per heavy atom. The highest BCUT2D eigenvalue weighted by Gasteiger charge is 2.11. The minimum absolute atomic E-state index is 0.221. The minimum atomic E-state index is -0.620. The maximum atomic E-state index is 10.3. The van der Waals surface area contributed by atoms with Crippen LogP contribution in [0.4, 0.5) is 0 Å². The second-order valence-corrected chi connectivity index (χ2v) is 6.19. The maximum Gasteiger partial charge on any atom is 0.119 e. The van der Waals surface area contributed by atoms with Gasteiger partial charge in [0.05, 0.1) is 30.5 Å². The highest BCUT2D eigenvalue weighted by molar-refractivity contribution is 5.77. The van der Waals surface area contributed by atoms with E-state index in [2.05, 4.69) is 31.0 Å². The third-order valence-corrected chi connectivity index (χ3v) is 4.22. The Morgan fingerprint density at radius 1 is 1.04 bits per heavy atom. The Kier molecular flexibility index (Phi) is 5.24. The van der Waals surface area contributed by atoms with E-state index in [-0.39, 0.29) is 6.61 Å². The van der Waals surface area contributed by atoms with E-state index in [0.717, 1.165) is 16.8 Å². The molecule has 132 valence electrons. The van der Waals surface area contributed by atoms with Gasteiger partial charge in [-0.1, -0.05) is 0 Å². The van der Waals surface area contributed by atoms with Crippen molar-refractivity contribution in [3.63, 3.8) is 0 Å². The van der Waals surface area contributed by atoms with Gasteiger partial charge in [0, 0.05) is 0 Å². The smallest absolute Gasteiger partial charge is 0.119 e. The second kappa shape index (κ2) is 7.57. The molecule has 3 rings (SSSR count). The zero-order chi connectivity index (χ0) is 17.8.